The number of hydrogen-bond donors (Lipinski definition) is 2. The van der Waals surface area contributed by atoms with Crippen molar-refractivity contribution in [1.29, 1.82) is 0 Å². The standard InChI is InChI=1S/C16H18N4O/c1-12-2-4-13(5-3-12)16-20-14(11-21-16)6-7-17-10-15-18-8-9-19-15/h2-5,8-9,11,17H,6-7,10H2,1H3,(H,18,19). The molecule has 2 N–H and O–H groups in total. The minimum absolute atomic E-state index is 0.677. The zero-order valence-electron chi connectivity index (χ0n) is 12.0. The van der Waals surface area contributed by atoms with Crippen LogP contribution in [0.2, 0.25) is 0 Å². The minimum Gasteiger partial charge on any atom is -0.444 e. The lowest BCUT2D eigenvalue weighted by atomic mass is 10.1. The molecule has 0 fully saturated rings. The maximum atomic E-state index is 5.54. The maximum absolute atomic E-state index is 5.54. The summed E-state index contributed by atoms with van der Waals surface area (Å²) in [5.74, 6) is 1.62. The summed E-state index contributed by atoms with van der Waals surface area (Å²) in [7, 11) is 0. The molecule has 5 nitrogen and oxygen atoms in total. The highest BCUT2D eigenvalue weighted by Crippen LogP contribution is 2.19. The van der Waals surface area contributed by atoms with Gasteiger partial charge in [0.15, 0.2) is 0 Å². The van der Waals surface area contributed by atoms with E-state index in [9.17, 15) is 0 Å². The summed E-state index contributed by atoms with van der Waals surface area (Å²) in [5.41, 5.74) is 3.19. The Morgan fingerprint density at radius 3 is 2.86 bits per heavy atom. The molecule has 0 bridgehead atoms. The summed E-state index contributed by atoms with van der Waals surface area (Å²) >= 11 is 0. The summed E-state index contributed by atoms with van der Waals surface area (Å²) in [6.45, 7) is 3.63. The van der Waals surface area contributed by atoms with E-state index >= 15 is 0 Å². The van der Waals surface area contributed by atoms with Crippen LogP contribution in [-0.2, 0) is 13.0 Å². The molecule has 0 atom stereocenters. The van der Waals surface area contributed by atoms with Crippen molar-refractivity contribution in [3.8, 4) is 11.5 Å². The Hall–Kier alpha value is -2.40. The fraction of sp³-hybridized carbons (Fsp3) is 0.250. The van der Waals surface area contributed by atoms with Gasteiger partial charge < -0.3 is 14.7 Å². The number of aromatic amines is 1. The summed E-state index contributed by atoms with van der Waals surface area (Å²) in [4.78, 5) is 11.7. The second-order valence-electron chi connectivity index (χ2n) is 4.97. The SMILES string of the molecule is Cc1ccc(-c2nc(CCNCc3ncc[nH]3)co2)cc1. The fourth-order valence-corrected chi connectivity index (χ4v) is 2.07. The van der Waals surface area contributed by atoms with E-state index in [1.54, 1.807) is 12.5 Å². The third kappa shape index (κ3) is 3.58. The molecule has 0 spiro atoms. The number of rotatable bonds is 6. The molecule has 0 saturated heterocycles. The van der Waals surface area contributed by atoms with Gasteiger partial charge in [0, 0.05) is 30.9 Å². The topological polar surface area (TPSA) is 66.7 Å². The first kappa shape index (κ1) is 13.6. The first-order valence-electron chi connectivity index (χ1n) is 7.02. The zero-order chi connectivity index (χ0) is 14.5. The maximum Gasteiger partial charge on any atom is 0.226 e. The predicted octanol–water partition coefficient (Wildman–Crippen LogP) is 2.71. The Kier molecular flexibility index (Phi) is 4.12. The van der Waals surface area contributed by atoms with Crippen LogP contribution in [0.25, 0.3) is 11.5 Å². The Morgan fingerprint density at radius 2 is 2.10 bits per heavy atom. The normalized spacial score (nSPS) is 10.9. The molecule has 0 saturated carbocycles. The van der Waals surface area contributed by atoms with Crippen LogP contribution in [0.1, 0.15) is 17.1 Å². The number of hydrogen-bond acceptors (Lipinski definition) is 4. The van der Waals surface area contributed by atoms with Crippen molar-refractivity contribution in [3.05, 3.63) is 60.0 Å². The van der Waals surface area contributed by atoms with Gasteiger partial charge in [-0.25, -0.2) is 9.97 Å². The third-order valence-electron chi connectivity index (χ3n) is 3.26. The monoisotopic (exact) mass is 282 g/mol. The van der Waals surface area contributed by atoms with Gasteiger partial charge in [-0.05, 0) is 19.1 Å². The summed E-state index contributed by atoms with van der Waals surface area (Å²) in [6.07, 6.45) is 6.13. The van der Waals surface area contributed by atoms with Crippen LogP contribution in [0.15, 0.2) is 47.3 Å². The van der Waals surface area contributed by atoms with Gasteiger partial charge in [0.2, 0.25) is 5.89 Å². The summed E-state index contributed by atoms with van der Waals surface area (Å²) < 4.78 is 5.54. The largest absolute Gasteiger partial charge is 0.444 e. The molecule has 0 amide bonds. The molecule has 0 radical (unpaired) electrons. The van der Waals surface area contributed by atoms with Gasteiger partial charge in [-0.1, -0.05) is 17.7 Å². The second kappa shape index (κ2) is 6.37. The molecule has 0 aliphatic heterocycles. The lowest BCUT2D eigenvalue weighted by Gasteiger charge is -2.00. The van der Waals surface area contributed by atoms with Crippen molar-refractivity contribution in [2.24, 2.45) is 0 Å². The minimum atomic E-state index is 0.677. The van der Waals surface area contributed by atoms with Gasteiger partial charge in [0.1, 0.15) is 12.1 Å². The Bertz CT molecular complexity index is 671. The van der Waals surface area contributed by atoms with Crippen molar-refractivity contribution >= 4 is 0 Å². The molecule has 2 aromatic heterocycles. The van der Waals surface area contributed by atoms with Crippen molar-refractivity contribution < 1.29 is 4.42 Å². The number of aryl methyl sites for hydroxylation is 1. The molecule has 2 heterocycles. The van der Waals surface area contributed by atoms with Crippen LogP contribution in [0.5, 0.6) is 0 Å². The average Bonchev–Trinajstić information content (AvgIpc) is 3.16. The molecule has 108 valence electrons. The van der Waals surface area contributed by atoms with Crippen LogP contribution < -0.4 is 5.32 Å². The molecule has 3 aromatic rings. The van der Waals surface area contributed by atoms with Crippen LogP contribution in [0.4, 0.5) is 0 Å². The first-order chi connectivity index (χ1) is 10.3. The molecule has 0 aliphatic rings. The Morgan fingerprint density at radius 1 is 1.24 bits per heavy atom. The highest BCUT2D eigenvalue weighted by atomic mass is 16.3. The highest BCUT2D eigenvalue weighted by molar-refractivity contribution is 5.53. The van der Waals surface area contributed by atoms with Gasteiger partial charge >= 0.3 is 0 Å². The summed E-state index contributed by atoms with van der Waals surface area (Å²) in [6, 6.07) is 8.18. The van der Waals surface area contributed by atoms with E-state index in [0.29, 0.717) is 5.89 Å². The van der Waals surface area contributed by atoms with Crippen molar-refractivity contribution in [1.82, 2.24) is 20.3 Å². The van der Waals surface area contributed by atoms with Gasteiger partial charge in [-0.2, -0.15) is 0 Å². The number of nitrogens with zero attached hydrogens (tertiary/aromatic N) is 2. The number of nitrogens with one attached hydrogen (secondary N) is 2. The van der Waals surface area contributed by atoms with Gasteiger partial charge in [0.25, 0.3) is 0 Å². The van der Waals surface area contributed by atoms with Gasteiger partial charge in [-0.3, -0.25) is 0 Å². The van der Waals surface area contributed by atoms with E-state index in [4.69, 9.17) is 4.42 Å². The second-order valence-corrected chi connectivity index (χ2v) is 4.97. The van der Waals surface area contributed by atoms with Crippen LogP contribution >= 0.6 is 0 Å². The number of oxazole rings is 1. The van der Waals surface area contributed by atoms with Crippen LogP contribution in [0.3, 0.4) is 0 Å². The molecular formula is C16H18N4O. The zero-order valence-corrected chi connectivity index (χ0v) is 12.0. The van der Waals surface area contributed by atoms with E-state index in [1.807, 2.05) is 18.3 Å². The van der Waals surface area contributed by atoms with E-state index < -0.39 is 0 Å². The third-order valence-corrected chi connectivity index (χ3v) is 3.26. The van der Waals surface area contributed by atoms with E-state index in [0.717, 1.165) is 36.6 Å². The quantitative estimate of drug-likeness (QED) is 0.682. The summed E-state index contributed by atoms with van der Waals surface area (Å²) in [5, 5.41) is 3.32. The number of aromatic nitrogens is 3. The number of H-pyrrole nitrogens is 1. The van der Waals surface area contributed by atoms with Crippen molar-refractivity contribution in [3.63, 3.8) is 0 Å². The Balaban J connectivity index is 1.52. The van der Waals surface area contributed by atoms with Crippen molar-refractivity contribution in [2.75, 3.05) is 6.54 Å². The number of benzene rings is 1. The molecule has 1 aromatic carbocycles. The highest BCUT2D eigenvalue weighted by Gasteiger charge is 2.06. The Labute approximate surface area is 123 Å². The van der Waals surface area contributed by atoms with Crippen LogP contribution in [-0.4, -0.2) is 21.5 Å². The first-order valence-corrected chi connectivity index (χ1v) is 7.02. The van der Waals surface area contributed by atoms with E-state index in [1.165, 1.54) is 5.56 Å². The molecule has 0 unspecified atom stereocenters. The van der Waals surface area contributed by atoms with Gasteiger partial charge in [-0.15, -0.1) is 0 Å². The average molecular weight is 282 g/mol. The molecular weight excluding hydrogens is 264 g/mol. The molecule has 0 aliphatic carbocycles. The van der Waals surface area contributed by atoms with E-state index in [-0.39, 0.29) is 0 Å². The van der Waals surface area contributed by atoms with Gasteiger partial charge in [0.05, 0.1) is 12.2 Å². The number of imidazole rings is 1. The smallest absolute Gasteiger partial charge is 0.226 e. The fourth-order valence-electron chi connectivity index (χ4n) is 2.07. The van der Waals surface area contributed by atoms with E-state index in [2.05, 4.69) is 39.3 Å². The lowest BCUT2D eigenvalue weighted by molar-refractivity contribution is 0.571. The van der Waals surface area contributed by atoms with Crippen molar-refractivity contribution in [2.45, 2.75) is 19.9 Å². The predicted molar refractivity (Wildman–Crippen MR) is 80.7 cm³/mol. The van der Waals surface area contributed by atoms with Crippen LogP contribution in [0, 0.1) is 6.92 Å². The lowest BCUT2D eigenvalue weighted by Crippen LogP contribution is -2.17. The molecule has 21 heavy (non-hydrogen) atoms. The molecule has 3 rings (SSSR count). The molecule has 5 heteroatoms.